The van der Waals surface area contributed by atoms with Gasteiger partial charge in [0.25, 0.3) is 5.91 Å². The predicted octanol–water partition coefficient (Wildman–Crippen LogP) is 4.61. The van der Waals surface area contributed by atoms with E-state index in [0.29, 0.717) is 36.4 Å². The number of sulfone groups is 1. The van der Waals surface area contributed by atoms with Gasteiger partial charge >= 0.3 is 6.03 Å². The first kappa shape index (κ1) is 23.3. The normalized spacial score (nSPS) is 15.3. The number of anilines is 2. The molecule has 2 aliphatic heterocycles. The number of amides is 3. The minimum atomic E-state index is -3.32. The van der Waals surface area contributed by atoms with Crippen molar-refractivity contribution in [2.75, 3.05) is 29.6 Å². The van der Waals surface area contributed by atoms with Crippen molar-refractivity contribution in [1.82, 2.24) is 4.90 Å². The van der Waals surface area contributed by atoms with Crippen molar-refractivity contribution >= 4 is 33.2 Å². The Kier molecular flexibility index (Phi) is 6.74. The number of nitrogens with one attached hydrogen (secondary N) is 1. The van der Waals surface area contributed by atoms with Gasteiger partial charge in [-0.2, -0.15) is 0 Å². The monoisotopic (exact) mass is 469 g/mol. The summed E-state index contributed by atoms with van der Waals surface area (Å²) in [7, 11) is -1.61. The van der Waals surface area contributed by atoms with E-state index >= 15 is 0 Å². The maximum atomic E-state index is 13.3. The van der Waals surface area contributed by atoms with E-state index in [0.717, 1.165) is 48.2 Å². The van der Waals surface area contributed by atoms with Gasteiger partial charge in [-0.25, -0.2) is 13.2 Å². The molecule has 0 saturated heterocycles. The predicted molar refractivity (Wildman–Crippen MR) is 130 cm³/mol. The number of nitrogens with zero attached hydrogens (tertiary/aromatic N) is 2. The van der Waals surface area contributed by atoms with Crippen molar-refractivity contribution in [3.05, 3.63) is 53.1 Å². The average molecular weight is 470 g/mol. The SMILES string of the molecule is CCCCCCCS(=O)(=O)c1ccc2c(c1)CCN2C(=O)c1ccc2c(c1)CN(C)C(=O)N2. The van der Waals surface area contributed by atoms with Gasteiger partial charge in [0, 0.05) is 37.1 Å². The summed E-state index contributed by atoms with van der Waals surface area (Å²) in [4.78, 5) is 28.7. The molecule has 0 bridgehead atoms. The molecule has 0 unspecified atom stereocenters. The highest BCUT2D eigenvalue weighted by Crippen LogP contribution is 2.33. The molecule has 4 rings (SSSR count). The van der Waals surface area contributed by atoms with Crippen LogP contribution < -0.4 is 10.2 Å². The van der Waals surface area contributed by atoms with Crippen molar-refractivity contribution in [1.29, 1.82) is 0 Å². The zero-order chi connectivity index (χ0) is 23.6. The Balaban J connectivity index is 1.48. The number of hydrogen-bond acceptors (Lipinski definition) is 4. The van der Waals surface area contributed by atoms with Crippen LogP contribution in [0, 0.1) is 0 Å². The number of benzene rings is 2. The molecule has 2 aliphatic rings. The third-order valence-electron chi connectivity index (χ3n) is 6.42. The summed E-state index contributed by atoms with van der Waals surface area (Å²) in [6.07, 6.45) is 5.58. The fraction of sp³-hybridized carbons (Fsp3) is 0.440. The van der Waals surface area contributed by atoms with E-state index in [1.165, 1.54) is 0 Å². The van der Waals surface area contributed by atoms with Gasteiger partial charge in [0.2, 0.25) is 0 Å². The molecule has 0 aliphatic carbocycles. The molecular weight excluding hydrogens is 438 g/mol. The number of hydrogen-bond donors (Lipinski definition) is 1. The quantitative estimate of drug-likeness (QED) is 0.572. The van der Waals surface area contributed by atoms with Gasteiger partial charge in [-0.3, -0.25) is 4.79 Å². The first-order valence-electron chi connectivity index (χ1n) is 11.6. The molecule has 2 aromatic carbocycles. The minimum absolute atomic E-state index is 0.123. The molecule has 7 nitrogen and oxygen atoms in total. The van der Waals surface area contributed by atoms with Gasteiger partial charge < -0.3 is 15.1 Å². The van der Waals surface area contributed by atoms with Crippen LogP contribution in [0.2, 0.25) is 0 Å². The van der Waals surface area contributed by atoms with E-state index < -0.39 is 9.84 Å². The van der Waals surface area contributed by atoms with Crippen LogP contribution in [0.25, 0.3) is 0 Å². The van der Waals surface area contributed by atoms with E-state index in [-0.39, 0.29) is 17.7 Å². The second-order valence-corrected chi connectivity index (χ2v) is 11.0. The Bertz CT molecular complexity index is 1180. The summed E-state index contributed by atoms with van der Waals surface area (Å²) in [6.45, 7) is 3.10. The Hall–Kier alpha value is -2.87. The maximum Gasteiger partial charge on any atom is 0.321 e. The first-order chi connectivity index (χ1) is 15.8. The summed E-state index contributed by atoms with van der Waals surface area (Å²) >= 11 is 0. The Morgan fingerprint density at radius 1 is 1.03 bits per heavy atom. The van der Waals surface area contributed by atoms with Gasteiger partial charge in [0.1, 0.15) is 0 Å². The van der Waals surface area contributed by atoms with Crippen molar-refractivity contribution in [2.45, 2.75) is 56.9 Å². The van der Waals surface area contributed by atoms with Gasteiger partial charge in [0.05, 0.1) is 10.6 Å². The Labute approximate surface area is 195 Å². The third-order valence-corrected chi connectivity index (χ3v) is 8.21. The Morgan fingerprint density at radius 2 is 1.82 bits per heavy atom. The van der Waals surface area contributed by atoms with Crippen molar-refractivity contribution < 1.29 is 18.0 Å². The van der Waals surface area contributed by atoms with Crippen LogP contribution in [0.3, 0.4) is 0 Å². The van der Waals surface area contributed by atoms with Gasteiger partial charge in [-0.1, -0.05) is 32.6 Å². The van der Waals surface area contributed by atoms with Gasteiger partial charge in [-0.15, -0.1) is 0 Å². The van der Waals surface area contributed by atoms with E-state index in [4.69, 9.17) is 0 Å². The van der Waals surface area contributed by atoms with Crippen LogP contribution in [-0.4, -0.2) is 44.6 Å². The first-order valence-corrected chi connectivity index (χ1v) is 13.3. The summed E-state index contributed by atoms with van der Waals surface area (Å²) < 4.78 is 25.5. The van der Waals surface area contributed by atoms with Crippen LogP contribution in [0.1, 0.15) is 60.5 Å². The van der Waals surface area contributed by atoms with Crippen LogP contribution in [0.4, 0.5) is 16.2 Å². The molecule has 3 amide bonds. The number of carbonyl (C=O) groups is 2. The lowest BCUT2D eigenvalue weighted by molar-refractivity contribution is 0.0989. The zero-order valence-electron chi connectivity index (χ0n) is 19.3. The lowest BCUT2D eigenvalue weighted by Crippen LogP contribution is -2.36. The van der Waals surface area contributed by atoms with Crippen LogP contribution in [0.5, 0.6) is 0 Å². The Morgan fingerprint density at radius 3 is 2.61 bits per heavy atom. The molecule has 8 heteroatoms. The van der Waals surface area contributed by atoms with E-state index in [1.54, 1.807) is 47.2 Å². The highest BCUT2D eigenvalue weighted by atomic mass is 32.2. The van der Waals surface area contributed by atoms with E-state index in [9.17, 15) is 18.0 Å². The molecule has 176 valence electrons. The van der Waals surface area contributed by atoms with Crippen molar-refractivity contribution in [3.8, 4) is 0 Å². The molecule has 0 aromatic heterocycles. The molecule has 0 spiro atoms. The van der Waals surface area contributed by atoms with E-state index in [1.807, 2.05) is 6.07 Å². The fourth-order valence-electron chi connectivity index (χ4n) is 4.47. The fourth-order valence-corrected chi connectivity index (χ4v) is 5.89. The molecule has 0 radical (unpaired) electrons. The lowest BCUT2D eigenvalue weighted by Gasteiger charge is -2.26. The molecule has 0 atom stereocenters. The second kappa shape index (κ2) is 9.55. The number of fused-ring (bicyclic) bond motifs is 2. The second-order valence-electron chi connectivity index (χ2n) is 8.89. The van der Waals surface area contributed by atoms with Crippen molar-refractivity contribution in [2.24, 2.45) is 0 Å². The molecule has 2 heterocycles. The minimum Gasteiger partial charge on any atom is -0.323 e. The number of rotatable bonds is 8. The van der Waals surface area contributed by atoms with Crippen molar-refractivity contribution in [3.63, 3.8) is 0 Å². The lowest BCUT2D eigenvalue weighted by atomic mass is 10.1. The van der Waals surface area contributed by atoms with Crippen LogP contribution in [-0.2, 0) is 22.8 Å². The van der Waals surface area contributed by atoms with Gasteiger partial charge in [0.15, 0.2) is 9.84 Å². The molecule has 0 saturated carbocycles. The summed E-state index contributed by atoms with van der Waals surface area (Å²) in [5, 5.41) is 2.81. The molecular formula is C25H31N3O4S. The summed E-state index contributed by atoms with van der Waals surface area (Å²) in [6, 6.07) is 10.3. The topological polar surface area (TPSA) is 86.8 Å². The van der Waals surface area contributed by atoms with Crippen LogP contribution >= 0.6 is 0 Å². The molecule has 1 N–H and O–H groups in total. The molecule has 2 aromatic rings. The molecule has 33 heavy (non-hydrogen) atoms. The molecule has 0 fully saturated rings. The smallest absolute Gasteiger partial charge is 0.321 e. The number of carbonyl (C=O) groups excluding carboxylic acids is 2. The largest absolute Gasteiger partial charge is 0.323 e. The third kappa shape index (κ3) is 4.90. The summed E-state index contributed by atoms with van der Waals surface area (Å²) in [5.74, 6) is 0.0424. The summed E-state index contributed by atoms with van der Waals surface area (Å²) in [5.41, 5.74) is 3.82. The standard InChI is InChI=1S/C25H31N3O4S/c1-3-4-5-6-7-14-33(31,32)21-9-11-23-18(16-21)12-13-28(23)24(29)19-8-10-22-20(15-19)17-27(2)25(30)26-22/h8-11,15-16H,3-7,12-14,17H2,1-2H3,(H,26,30). The average Bonchev–Trinajstić information content (AvgIpc) is 3.22. The number of urea groups is 1. The highest BCUT2D eigenvalue weighted by molar-refractivity contribution is 7.91. The van der Waals surface area contributed by atoms with E-state index in [2.05, 4.69) is 12.2 Å². The zero-order valence-corrected chi connectivity index (χ0v) is 20.1. The highest BCUT2D eigenvalue weighted by Gasteiger charge is 2.28. The van der Waals surface area contributed by atoms with Crippen LogP contribution in [0.15, 0.2) is 41.3 Å². The van der Waals surface area contributed by atoms with Gasteiger partial charge in [-0.05, 0) is 60.4 Å². The number of unbranched alkanes of at least 4 members (excludes halogenated alkanes) is 4. The maximum absolute atomic E-state index is 13.3.